The minimum Gasteiger partial charge on any atom is -0.442 e. The van der Waals surface area contributed by atoms with Gasteiger partial charge in [0.05, 0.1) is 16.2 Å². The third kappa shape index (κ3) is 4.91. The lowest BCUT2D eigenvalue weighted by atomic mass is 9.95. The Balaban J connectivity index is 1.75. The molecule has 1 atom stereocenters. The van der Waals surface area contributed by atoms with Crippen molar-refractivity contribution in [1.82, 2.24) is 10.3 Å². The number of ether oxygens (including phenoxy) is 1. The quantitative estimate of drug-likeness (QED) is 0.465. The van der Waals surface area contributed by atoms with E-state index in [-0.39, 0.29) is 17.3 Å². The number of amides is 1. The molecule has 1 heterocycles. The van der Waals surface area contributed by atoms with Crippen LogP contribution in [0.3, 0.4) is 0 Å². The molecule has 1 N–H and O–H groups in total. The van der Waals surface area contributed by atoms with E-state index in [0.29, 0.717) is 5.69 Å². The van der Waals surface area contributed by atoms with Gasteiger partial charge in [0, 0.05) is 24.4 Å². The van der Waals surface area contributed by atoms with Crippen LogP contribution in [0.15, 0.2) is 48.7 Å². The third-order valence-electron chi connectivity index (χ3n) is 4.68. The van der Waals surface area contributed by atoms with Gasteiger partial charge in [0.25, 0.3) is 11.6 Å². The zero-order chi connectivity index (χ0) is 19.9. The number of hydrogen-bond donors (Lipinski definition) is 1. The van der Waals surface area contributed by atoms with Gasteiger partial charge in [0.15, 0.2) is 0 Å². The molecule has 0 spiro atoms. The SMILES string of the molecule is O=C(OC(C(=O)NC1CCCCC1)c1ccccn1)c1ccc([N+](=O)[O-])cc1. The van der Waals surface area contributed by atoms with Crippen LogP contribution in [-0.2, 0) is 9.53 Å². The molecule has 1 saturated carbocycles. The van der Waals surface area contributed by atoms with Crippen LogP contribution in [0.1, 0.15) is 54.3 Å². The lowest BCUT2D eigenvalue weighted by molar-refractivity contribution is -0.384. The number of nitro groups is 1. The van der Waals surface area contributed by atoms with Gasteiger partial charge in [-0.2, -0.15) is 0 Å². The van der Waals surface area contributed by atoms with Crippen molar-refractivity contribution in [2.75, 3.05) is 0 Å². The van der Waals surface area contributed by atoms with Crippen LogP contribution in [0.25, 0.3) is 0 Å². The minimum absolute atomic E-state index is 0.0607. The first kappa shape index (κ1) is 19.5. The highest BCUT2D eigenvalue weighted by Crippen LogP contribution is 2.22. The molecule has 1 amide bonds. The van der Waals surface area contributed by atoms with E-state index in [9.17, 15) is 19.7 Å². The maximum Gasteiger partial charge on any atom is 0.339 e. The van der Waals surface area contributed by atoms with Crippen LogP contribution < -0.4 is 5.32 Å². The highest BCUT2D eigenvalue weighted by Gasteiger charge is 2.29. The molecule has 1 fully saturated rings. The average molecular weight is 383 g/mol. The first-order valence-corrected chi connectivity index (χ1v) is 9.21. The molecule has 28 heavy (non-hydrogen) atoms. The topological polar surface area (TPSA) is 111 Å². The highest BCUT2D eigenvalue weighted by molar-refractivity contribution is 5.92. The number of hydrogen-bond acceptors (Lipinski definition) is 6. The summed E-state index contributed by atoms with van der Waals surface area (Å²) in [6, 6.07) is 10.1. The number of benzene rings is 1. The van der Waals surface area contributed by atoms with Crippen molar-refractivity contribution in [2.45, 2.75) is 44.2 Å². The van der Waals surface area contributed by atoms with Crippen molar-refractivity contribution < 1.29 is 19.2 Å². The minimum atomic E-state index is -1.19. The molecule has 146 valence electrons. The Labute approximate surface area is 162 Å². The van der Waals surface area contributed by atoms with Gasteiger partial charge in [-0.05, 0) is 37.1 Å². The molecule has 1 aliphatic carbocycles. The van der Waals surface area contributed by atoms with E-state index in [1.54, 1.807) is 18.2 Å². The lowest BCUT2D eigenvalue weighted by Gasteiger charge is -2.25. The molecule has 0 aliphatic heterocycles. The summed E-state index contributed by atoms with van der Waals surface area (Å²) in [5, 5.41) is 13.7. The molecule has 8 heteroatoms. The standard InChI is InChI=1S/C20H21N3O5/c24-19(22-15-6-2-1-3-7-15)18(17-8-4-5-13-21-17)28-20(25)14-9-11-16(12-10-14)23(26)27/h4-5,8-13,15,18H,1-3,6-7H2,(H,22,24). The smallest absolute Gasteiger partial charge is 0.339 e. The number of rotatable bonds is 6. The molecule has 0 bridgehead atoms. The molecule has 0 radical (unpaired) electrons. The van der Waals surface area contributed by atoms with Crippen molar-refractivity contribution in [3.8, 4) is 0 Å². The zero-order valence-electron chi connectivity index (χ0n) is 15.2. The molecule has 1 unspecified atom stereocenters. The van der Waals surface area contributed by atoms with E-state index in [2.05, 4.69) is 10.3 Å². The third-order valence-corrected chi connectivity index (χ3v) is 4.68. The number of esters is 1. The second-order valence-electron chi connectivity index (χ2n) is 6.69. The van der Waals surface area contributed by atoms with Crippen molar-refractivity contribution in [3.63, 3.8) is 0 Å². The first-order valence-electron chi connectivity index (χ1n) is 9.21. The number of nitrogens with zero attached hydrogens (tertiary/aromatic N) is 2. The molecule has 0 saturated heterocycles. The maximum absolute atomic E-state index is 12.8. The number of aromatic nitrogens is 1. The second kappa shape index (κ2) is 9.07. The van der Waals surface area contributed by atoms with Gasteiger partial charge >= 0.3 is 5.97 Å². The summed E-state index contributed by atoms with van der Waals surface area (Å²) in [6.07, 6.45) is 5.41. The molecular formula is C20H21N3O5. The van der Waals surface area contributed by atoms with E-state index in [1.807, 2.05) is 0 Å². The van der Waals surface area contributed by atoms with Crippen LogP contribution in [-0.4, -0.2) is 27.8 Å². The fourth-order valence-corrected chi connectivity index (χ4v) is 3.20. The average Bonchev–Trinajstić information content (AvgIpc) is 2.73. The Bertz CT molecular complexity index is 833. The monoisotopic (exact) mass is 383 g/mol. The van der Waals surface area contributed by atoms with Crippen LogP contribution >= 0.6 is 0 Å². The Morgan fingerprint density at radius 2 is 1.82 bits per heavy atom. The summed E-state index contributed by atoms with van der Waals surface area (Å²) < 4.78 is 5.44. The van der Waals surface area contributed by atoms with E-state index in [0.717, 1.165) is 32.1 Å². The summed E-state index contributed by atoms with van der Waals surface area (Å²) in [5.41, 5.74) is 0.316. The van der Waals surface area contributed by atoms with E-state index < -0.39 is 22.9 Å². The fraction of sp³-hybridized carbons (Fsp3) is 0.350. The van der Waals surface area contributed by atoms with Gasteiger partial charge in [0.2, 0.25) is 6.10 Å². The highest BCUT2D eigenvalue weighted by atomic mass is 16.6. The number of non-ortho nitro benzene ring substituents is 1. The van der Waals surface area contributed by atoms with Gasteiger partial charge in [-0.1, -0.05) is 25.3 Å². The molecule has 1 aromatic heterocycles. The van der Waals surface area contributed by atoms with Crippen LogP contribution in [0.5, 0.6) is 0 Å². The molecule has 1 aliphatic rings. The van der Waals surface area contributed by atoms with Gasteiger partial charge < -0.3 is 10.1 Å². The predicted octanol–water partition coefficient (Wildman–Crippen LogP) is 3.34. The summed E-state index contributed by atoms with van der Waals surface area (Å²) in [4.78, 5) is 39.7. The van der Waals surface area contributed by atoms with E-state index >= 15 is 0 Å². The number of nitrogens with one attached hydrogen (secondary N) is 1. The largest absolute Gasteiger partial charge is 0.442 e. The predicted molar refractivity (Wildman–Crippen MR) is 101 cm³/mol. The van der Waals surface area contributed by atoms with Crippen molar-refractivity contribution in [1.29, 1.82) is 0 Å². The Kier molecular flexibility index (Phi) is 6.31. The number of carbonyl (C=O) groups is 2. The van der Waals surface area contributed by atoms with E-state index in [1.165, 1.54) is 30.5 Å². The number of carbonyl (C=O) groups excluding carboxylic acids is 2. The molecule has 2 aromatic rings. The zero-order valence-corrected chi connectivity index (χ0v) is 15.2. The van der Waals surface area contributed by atoms with Gasteiger partial charge in [0.1, 0.15) is 0 Å². The van der Waals surface area contributed by atoms with Gasteiger partial charge in [-0.15, -0.1) is 0 Å². The summed E-state index contributed by atoms with van der Waals surface area (Å²) >= 11 is 0. The van der Waals surface area contributed by atoms with Gasteiger partial charge in [-0.3, -0.25) is 19.9 Å². The Morgan fingerprint density at radius 3 is 2.43 bits per heavy atom. The lowest BCUT2D eigenvalue weighted by Crippen LogP contribution is -2.40. The Morgan fingerprint density at radius 1 is 1.11 bits per heavy atom. The molecule has 1 aromatic carbocycles. The van der Waals surface area contributed by atoms with Gasteiger partial charge in [-0.25, -0.2) is 4.79 Å². The fourth-order valence-electron chi connectivity index (χ4n) is 3.20. The van der Waals surface area contributed by atoms with Crippen LogP contribution in [0.4, 0.5) is 5.69 Å². The first-order chi connectivity index (χ1) is 13.5. The molecule has 3 rings (SSSR count). The summed E-state index contributed by atoms with van der Waals surface area (Å²) in [5.74, 6) is -1.16. The summed E-state index contributed by atoms with van der Waals surface area (Å²) in [7, 11) is 0. The number of nitro benzene ring substituents is 1. The number of pyridine rings is 1. The van der Waals surface area contributed by atoms with Crippen molar-refractivity contribution in [3.05, 3.63) is 70.0 Å². The van der Waals surface area contributed by atoms with Crippen molar-refractivity contribution in [2.24, 2.45) is 0 Å². The van der Waals surface area contributed by atoms with Crippen molar-refractivity contribution >= 4 is 17.6 Å². The summed E-state index contributed by atoms with van der Waals surface area (Å²) in [6.45, 7) is 0. The normalized spacial score (nSPS) is 15.4. The van der Waals surface area contributed by atoms with E-state index in [4.69, 9.17) is 4.74 Å². The van der Waals surface area contributed by atoms with Crippen LogP contribution in [0, 0.1) is 10.1 Å². The molecular weight excluding hydrogens is 362 g/mol. The maximum atomic E-state index is 12.8. The Hall–Kier alpha value is -3.29. The van der Waals surface area contributed by atoms with Crippen LogP contribution in [0.2, 0.25) is 0 Å². The second-order valence-corrected chi connectivity index (χ2v) is 6.69. The molecule has 8 nitrogen and oxygen atoms in total.